The number of sulfonamides is 1. The summed E-state index contributed by atoms with van der Waals surface area (Å²) in [6.07, 6.45) is 0. The summed E-state index contributed by atoms with van der Waals surface area (Å²) in [4.78, 5) is -1.12. The van der Waals surface area contributed by atoms with E-state index in [4.69, 9.17) is 0 Å². The predicted octanol–water partition coefficient (Wildman–Crippen LogP) is 2.76. The standard InChI is InChI=1S/C15H13F4NO5S2/c16-14(17)25-13-4-2-1-3-10(13)9-20-27(23,24)12-7-5-11(6-8-12)26(21,22)15(18)19/h1-8,14-15,20H,9H2. The van der Waals surface area contributed by atoms with Crippen LogP contribution >= 0.6 is 0 Å². The van der Waals surface area contributed by atoms with Crippen LogP contribution in [-0.4, -0.2) is 29.2 Å². The number of hydrogen-bond donors (Lipinski definition) is 1. The third-order valence-electron chi connectivity index (χ3n) is 3.34. The molecule has 1 N–H and O–H groups in total. The minimum Gasteiger partial charge on any atom is -0.434 e. The van der Waals surface area contributed by atoms with E-state index < -0.39 is 37.1 Å². The number of hydrogen-bond acceptors (Lipinski definition) is 5. The zero-order valence-electron chi connectivity index (χ0n) is 13.4. The van der Waals surface area contributed by atoms with E-state index in [1.807, 2.05) is 0 Å². The molecule has 0 aliphatic rings. The Labute approximate surface area is 152 Å². The Balaban J connectivity index is 2.19. The van der Waals surface area contributed by atoms with Crippen molar-refractivity contribution in [3.8, 4) is 5.75 Å². The van der Waals surface area contributed by atoms with E-state index in [2.05, 4.69) is 9.46 Å². The lowest BCUT2D eigenvalue weighted by Crippen LogP contribution is -2.24. The number of benzene rings is 2. The maximum Gasteiger partial charge on any atom is 0.387 e. The topological polar surface area (TPSA) is 89.5 Å². The van der Waals surface area contributed by atoms with Crippen molar-refractivity contribution < 1.29 is 39.1 Å². The highest BCUT2D eigenvalue weighted by Crippen LogP contribution is 2.22. The van der Waals surface area contributed by atoms with Gasteiger partial charge in [-0.25, -0.2) is 21.6 Å². The zero-order chi connectivity index (χ0) is 20.2. The van der Waals surface area contributed by atoms with Crippen LogP contribution < -0.4 is 9.46 Å². The summed E-state index contributed by atoms with van der Waals surface area (Å²) in [7, 11) is -9.01. The molecule has 2 rings (SSSR count). The van der Waals surface area contributed by atoms with Crippen LogP contribution in [0, 0.1) is 0 Å². The molecule has 0 radical (unpaired) electrons. The van der Waals surface area contributed by atoms with E-state index >= 15 is 0 Å². The van der Waals surface area contributed by atoms with Gasteiger partial charge in [0.05, 0.1) is 9.79 Å². The Hall–Kier alpha value is -2.18. The average molecular weight is 427 g/mol. The van der Waals surface area contributed by atoms with E-state index in [-0.39, 0.29) is 22.8 Å². The Kier molecular flexibility index (Phi) is 6.44. The van der Waals surface area contributed by atoms with E-state index in [1.165, 1.54) is 24.3 Å². The van der Waals surface area contributed by atoms with Crippen molar-refractivity contribution in [1.29, 1.82) is 0 Å². The van der Waals surface area contributed by atoms with Crippen molar-refractivity contribution in [2.45, 2.75) is 28.7 Å². The molecule has 0 aromatic heterocycles. The van der Waals surface area contributed by atoms with E-state index in [0.29, 0.717) is 0 Å². The molecule has 148 valence electrons. The van der Waals surface area contributed by atoms with Crippen LogP contribution in [0.3, 0.4) is 0 Å². The molecule has 0 atom stereocenters. The first-order valence-corrected chi connectivity index (χ1v) is 10.2. The summed E-state index contributed by atoms with van der Waals surface area (Å²) < 4.78 is 103. The normalized spacial score (nSPS) is 12.5. The summed E-state index contributed by atoms with van der Waals surface area (Å²) >= 11 is 0. The number of alkyl halides is 4. The van der Waals surface area contributed by atoms with E-state index in [0.717, 1.165) is 24.3 Å². The van der Waals surface area contributed by atoms with Crippen LogP contribution in [0.25, 0.3) is 0 Å². The molecule has 0 aliphatic carbocycles. The van der Waals surface area contributed by atoms with Gasteiger partial charge in [-0.05, 0) is 30.3 Å². The highest BCUT2D eigenvalue weighted by atomic mass is 32.2. The first-order chi connectivity index (χ1) is 12.5. The molecule has 0 fully saturated rings. The first kappa shape index (κ1) is 21.1. The maximum atomic E-state index is 12.5. The molecule has 27 heavy (non-hydrogen) atoms. The van der Waals surface area contributed by atoms with Gasteiger partial charge in [0.1, 0.15) is 5.75 Å². The Morgan fingerprint density at radius 1 is 0.852 bits per heavy atom. The molecular formula is C15H13F4NO5S2. The molecule has 0 aliphatic heterocycles. The van der Waals surface area contributed by atoms with Crippen LogP contribution in [-0.2, 0) is 26.4 Å². The van der Waals surface area contributed by atoms with Gasteiger partial charge >= 0.3 is 12.4 Å². The average Bonchev–Trinajstić information content (AvgIpc) is 2.60. The van der Waals surface area contributed by atoms with Gasteiger partial charge in [-0.15, -0.1) is 0 Å². The summed E-state index contributed by atoms with van der Waals surface area (Å²) in [5.41, 5.74) is 0.137. The predicted molar refractivity (Wildman–Crippen MR) is 86.7 cm³/mol. The van der Waals surface area contributed by atoms with Crippen LogP contribution in [0.2, 0.25) is 0 Å². The van der Waals surface area contributed by atoms with Gasteiger partial charge in [-0.1, -0.05) is 18.2 Å². The molecule has 0 saturated carbocycles. The molecule has 0 heterocycles. The van der Waals surface area contributed by atoms with Crippen molar-refractivity contribution in [3.63, 3.8) is 0 Å². The van der Waals surface area contributed by atoms with Crippen LogP contribution in [0.5, 0.6) is 5.75 Å². The van der Waals surface area contributed by atoms with Crippen molar-refractivity contribution in [3.05, 3.63) is 54.1 Å². The van der Waals surface area contributed by atoms with Crippen LogP contribution in [0.1, 0.15) is 5.56 Å². The van der Waals surface area contributed by atoms with E-state index in [9.17, 15) is 34.4 Å². The lowest BCUT2D eigenvalue weighted by atomic mass is 10.2. The number of para-hydroxylation sites is 1. The molecule has 0 amide bonds. The number of rotatable bonds is 8. The third-order valence-corrected chi connectivity index (χ3v) is 6.15. The molecular weight excluding hydrogens is 414 g/mol. The van der Waals surface area contributed by atoms with E-state index in [1.54, 1.807) is 0 Å². The quantitative estimate of drug-likeness (QED) is 0.655. The fraction of sp³-hybridized carbons (Fsp3) is 0.200. The third kappa shape index (κ3) is 5.17. The Morgan fingerprint density at radius 3 is 1.96 bits per heavy atom. The van der Waals surface area contributed by atoms with Crippen molar-refractivity contribution >= 4 is 19.9 Å². The molecule has 0 bridgehead atoms. The monoisotopic (exact) mass is 427 g/mol. The summed E-state index contributed by atoms with van der Waals surface area (Å²) in [6, 6.07) is 8.70. The minimum atomic E-state index is -4.85. The number of sulfone groups is 1. The van der Waals surface area contributed by atoms with Gasteiger partial charge in [0, 0.05) is 12.1 Å². The fourth-order valence-electron chi connectivity index (χ4n) is 2.03. The van der Waals surface area contributed by atoms with Gasteiger partial charge in [-0.3, -0.25) is 0 Å². The van der Waals surface area contributed by atoms with Crippen LogP contribution in [0.15, 0.2) is 58.3 Å². The minimum absolute atomic E-state index is 0.137. The van der Waals surface area contributed by atoms with Crippen LogP contribution in [0.4, 0.5) is 17.6 Å². The van der Waals surface area contributed by atoms with Gasteiger partial charge in [0.25, 0.3) is 0 Å². The maximum absolute atomic E-state index is 12.5. The summed E-state index contributed by atoms with van der Waals surface area (Å²) in [6.45, 7) is -3.48. The van der Waals surface area contributed by atoms with Gasteiger partial charge in [0.2, 0.25) is 19.9 Å². The largest absolute Gasteiger partial charge is 0.434 e. The summed E-state index contributed by atoms with van der Waals surface area (Å²) in [5.74, 6) is -3.85. The molecule has 2 aromatic carbocycles. The van der Waals surface area contributed by atoms with Gasteiger partial charge < -0.3 is 4.74 Å². The summed E-state index contributed by atoms with van der Waals surface area (Å²) in [5, 5.41) is 0. The Morgan fingerprint density at radius 2 is 1.41 bits per heavy atom. The molecule has 0 unspecified atom stereocenters. The smallest absolute Gasteiger partial charge is 0.387 e. The Bertz CT molecular complexity index is 993. The number of nitrogens with one attached hydrogen (secondary N) is 1. The first-order valence-electron chi connectivity index (χ1n) is 7.18. The molecule has 0 saturated heterocycles. The second-order valence-electron chi connectivity index (χ2n) is 5.09. The molecule has 12 heteroatoms. The zero-order valence-corrected chi connectivity index (χ0v) is 15.0. The van der Waals surface area contributed by atoms with Crippen molar-refractivity contribution in [1.82, 2.24) is 4.72 Å². The SMILES string of the molecule is O=S(=O)(NCc1ccccc1OC(F)F)c1ccc(S(=O)(=O)C(F)F)cc1. The number of halogens is 4. The lowest BCUT2D eigenvalue weighted by molar-refractivity contribution is -0.0504. The fourth-order valence-corrected chi connectivity index (χ4v) is 3.76. The van der Waals surface area contributed by atoms with Gasteiger partial charge in [0.15, 0.2) is 0 Å². The molecule has 0 spiro atoms. The van der Waals surface area contributed by atoms with Gasteiger partial charge in [-0.2, -0.15) is 17.6 Å². The number of ether oxygens (including phenoxy) is 1. The van der Waals surface area contributed by atoms with Crippen molar-refractivity contribution in [2.24, 2.45) is 0 Å². The van der Waals surface area contributed by atoms with Crippen molar-refractivity contribution in [2.75, 3.05) is 0 Å². The second kappa shape index (κ2) is 8.23. The lowest BCUT2D eigenvalue weighted by Gasteiger charge is -2.12. The highest BCUT2D eigenvalue weighted by Gasteiger charge is 2.27. The molecule has 2 aromatic rings. The molecule has 6 nitrogen and oxygen atoms in total. The highest BCUT2D eigenvalue weighted by molar-refractivity contribution is 7.91. The second-order valence-corrected chi connectivity index (χ2v) is 8.77.